The Hall–Kier alpha value is -2.60. The molecule has 2 aromatic rings. The van der Waals surface area contributed by atoms with E-state index in [0.29, 0.717) is 31.9 Å². The van der Waals surface area contributed by atoms with Gasteiger partial charge in [0.15, 0.2) is 0 Å². The summed E-state index contributed by atoms with van der Waals surface area (Å²) in [6, 6.07) is 11.5. The van der Waals surface area contributed by atoms with E-state index in [1.807, 2.05) is 50.4 Å². The molecule has 1 aromatic carbocycles. The maximum atomic E-state index is 13.0. The number of aromatic nitrogens is 1. The number of ether oxygens (including phenoxy) is 2. The maximum Gasteiger partial charge on any atom is 0.257 e. The first-order chi connectivity index (χ1) is 12.7. The number of benzene rings is 1. The molecule has 1 fully saturated rings. The van der Waals surface area contributed by atoms with Crippen LogP contribution in [0.2, 0.25) is 0 Å². The highest BCUT2D eigenvalue weighted by molar-refractivity contribution is 5.98. The van der Waals surface area contributed by atoms with Crippen LogP contribution in [0.5, 0.6) is 5.75 Å². The van der Waals surface area contributed by atoms with Crippen molar-refractivity contribution in [2.45, 2.75) is 13.5 Å². The van der Waals surface area contributed by atoms with Gasteiger partial charge in [-0.15, -0.1) is 0 Å². The van der Waals surface area contributed by atoms with Crippen LogP contribution in [0.4, 0.5) is 5.82 Å². The SMILES string of the molecule is CCOc1ccc(CN(C)C(=O)c2cccnc2N2CCOCC2)cc1. The molecule has 6 heteroatoms. The second kappa shape index (κ2) is 8.67. The van der Waals surface area contributed by atoms with E-state index < -0.39 is 0 Å². The Morgan fingerprint density at radius 3 is 2.65 bits per heavy atom. The quantitative estimate of drug-likeness (QED) is 0.797. The van der Waals surface area contributed by atoms with Gasteiger partial charge in [-0.05, 0) is 36.8 Å². The van der Waals surface area contributed by atoms with Gasteiger partial charge in [-0.3, -0.25) is 4.79 Å². The highest BCUT2D eigenvalue weighted by Gasteiger charge is 2.22. The normalized spacial score (nSPS) is 14.2. The topological polar surface area (TPSA) is 54.9 Å². The Kier molecular flexibility index (Phi) is 6.07. The molecule has 0 saturated carbocycles. The van der Waals surface area contributed by atoms with Crippen molar-refractivity contribution in [2.24, 2.45) is 0 Å². The lowest BCUT2D eigenvalue weighted by atomic mass is 10.1. The lowest BCUT2D eigenvalue weighted by molar-refractivity contribution is 0.0784. The molecule has 0 aliphatic carbocycles. The van der Waals surface area contributed by atoms with Crippen LogP contribution in [0.3, 0.4) is 0 Å². The molecule has 0 spiro atoms. The van der Waals surface area contributed by atoms with E-state index in [2.05, 4.69) is 9.88 Å². The standard InChI is InChI=1S/C20H25N3O3/c1-3-26-17-8-6-16(7-9-17)15-22(2)20(24)18-5-4-10-21-19(18)23-11-13-25-14-12-23/h4-10H,3,11-15H2,1-2H3. The average Bonchev–Trinajstić information content (AvgIpc) is 2.70. The molecule has 1 aromatic heterocycles. The predicted octanol–water partition coefficient (Wildman–Crippen LogP) is 2.59. The molecule has 0 bridgehead atoms. The summed E-state index contributed by atoms with van der Waals surface area (Å²) in [5.41, 5.74) is 1.68. The van der Waals surface area contributed by atoms with E-state index in [-0.39, 0.29) is 5.91 Å². The van der Waals surface area contributed by atoms with Gasteiger partial charge >= 0.3 is 0 Å². The molecular weight excluding hydrogens is 330 g/mol. The average molecular weight is 355 g/mol. The Morgan fingerprint density at radius 2 is 1.96 bits per heavy atom. The fourth-order valence-corrected chi connectivity index (χ4v) is 3.00. The number of hydrogen-bond acceptors (Lipinski definition) is 5. The van der Waals surface area contributed by atoms with Gasteiger partial charge in [0.2, 0.25) is 0 Å². The van der Waals surface area contributed by atoms with Gasteiger partial charge in [-0.2, -0.15) is 0 Å². The summed E-state index contributed by atoms with van der Waals surface area (Å²) >= 11 is 0. The van der Waals surface area contributed by atoms with Gasteiger partial charge in [0.25, 0.3) is 5.91 Å². The molecule has 26 heavy (non-hydrogen) atoms. The molecular formula is C20H25N3O3. The zero-order chi connectivity index (χ0) is 18.4. The zero-order valence-electron chi connectivity index (χ0n) is 15.4. The van der Waals surface area contributed by atoms with Crippen LogP contribution in [-0.4, -0.2) is 55.7 Å². The van der Waals surface area contributed by atoms with Crippen molar-refractivity contribution >= 4 is 11.7 Å². The van der Waals surface area contributed by atoms with Crippen LogP contribution in [0.25, 0.3) is 0 Å². The highest BCUT2D eigenvalue weighted by atomic mass is 16.5. The van der Waals surface area contributed by atoms with Crippen LogP contribution < -0.4 is 9.64 Å². The van der Waals surface area contributed by atoms with Crippen molar-refractivity contribution in [1.82, 2.24) is 9.88 Å². The summed E-state index contributed by atoms with van der Waals surface area (Å²) in [7, 11) is 1.81. The summed E-state index contributed by atoms with van der Waals surface area (Å²) < 4.78 is 10.9. The number of carbonyl (C=O) groups excluding carboxylic acids is 1. The molecule has 1 aliphatic rings. The van der Waals surface area contributed by atoms with E-state index in [1.54, 1.807) is 11.1 Å². The lowest BCUT2D eigenvalue weighted by Crippen LogP contribution is -2.38. The molecule has 0 atom stereocenters. The van der Waals surface area contributed by atoms with Gasteiger partial charge in [-0.1, -0.05) is 12.1 Å². The van der Waals surface area contributed by atoms with Crippen LogP contribution in [0.15, 0.2) is 42.6 Å². The third kappa shape index (κ3) is 4.32. The third-order valence-electron chi connectivity index (χ3n) is 4.33. The predicted molar refractivity (Wildman–Crippen MR) is 101 cm³/mol. The molecule has 138 valence electrons. The Labute approximate surface area is 154 Å². The van der Waals surface area contributed by atoms with Crippen molar-refractivity contribution < 1.29 is 14.3 Å². The molecule has 1 amide bonds. The molecule has 0 N–H and O–H groups in total. The van der Waals surface area contributed by atoms with E-state index in [0.717, 1.165) is 30.2 Å². The first kappa shape index (κ1) is 18.2. The number of anilines is 1. The van der Waals surface area contributed by atoms with Crippen molar-refractivity contribution in [3.63, 3.8) is 0 Å². The van der Waals surface area contributed by atoms with Crippen LogP contribution in [0, 0.1) is 0 Å². The van der Waals surface area contributed by atoms with Crippen LogP contribution >= 0.6 is 0 Å². The largest absolute Gasteiger partial charge is 0.494 e. The number of pyridine rings is 1. The van der Waals surface area contributed by atoms with Gasteiger partial charge in [0.05, 0.1) is 25.4 Å². The molecule has 3 rings (SSSR count). The summed E-state index contributed by atoms with van der Waals surface area (Å²) in [4.78, 5) is 21.3. The molecule has 0 unspecified atom stereocenters. The van der Waals surface area contributed by atoms with E-state index in [9.17, 15) is 4.79 Å². The highest BCUT2D eigenvalue weighted by Crippen LogP contribution is 2.21. The Bertz CT molecular complexity index is 727. The number of hydrogen-bond donors (Lipinski definition) is 0. The molecule has 1 saturated heterocycles. The first-order valence-electron chi connectivity index (χ1n) is 8.94. The maximum absolute atomic E-state index is 13.0. The fourth-order valence-electron chi connectivity index (χ4n) is 3.00. The number of morpholine rings is 1. The lowest BCUT2D eigenvalue weighted by Gasteiger charge is -2.30. The van der Waals surface area contributed by atoms with Crippen molar-refractivity contribution in [1.29, 1.82) is 0 Å². The minimum atomic E-state index is -0.0338. The third-order valence-corrected chi connectivity index (χ3v) is 4.33. The number of rotatable bonds is 6. The number of nitrogens with zero attached hydrogens (tertiary/aromatic N) is 3. The van der Waals surface area contributed by atoms with E-state index >= 15 is 0 Å². The monoisotopic (exact) mass is 355 g/mol. The van der Waals surface area contributed by atoms with Crippen molar-refractivity contribution in [2.75, 3.05) is 44.9 Å². The summed E-state index contributed by atoms with van der Waals surface area (Å²) in [5, 5.41) is 0. The van der Waals surface area contributed by atoms with Crippen LogP contribution in [-0.2, 0) is 11.3 Å². The van der Waals surface area contributed by atoms with E-state index in [4.69, 9.17) is 9.47 Å². The molecule has 6 nitrogen and oxygen atoms in total. The summed E-state index contributed by atoms with van der Waals surface area (Å²) in [6.45, 7) is 5.95. The fraction of sp³-hybridized carbons (Fsp3) is 0.400. The van der Waals surface area contributed by atoms with Gasteiger partial charge < -0.3 is 19.3 Å². The molecule has 1 aliphatic heterocycles. The van der Waals surface area contributed by atoms with Crippen molar-refractivity contribution in [3.8, 4) is 5.75 Å². The van der Waals surface area contributed by atoms with Gasteiger partial charge in [-0.25, -0.2) is 4.98 Å². The second-order valence-electron chi connectivity index (χ2n) is 6.21. The van der Waals surface area contributed by atoms with Gasteiger partial charge in [0, 0.05) is 32.9 Å². The second-order valence-corrected chi connectivity index (χ2v) is 6.21. The Balaban J connectivity index is 1.72. The van der Waals surface area contributed by atoms with E-state index in [1.165, 1.54) is 0 Å². The van der Waals surface area contributed by atoms with Crippen molar-refractivity contribution in [3.05, 3.63) is 53.7 Å². The number of carbonyl (C=O) groups is 1. The Morgan fingerprint density at radius 1 is 1.23 bits per heavy atom. The van der Waals surface area contributed by atoms with Crippen LogP contribution in [0.1, 0.15) is 22.8 Å². The summed E-state index contributed by atoms with van der Waals surface area (Å²) in [6.07, 6.45) is 1.73. The minimum Gasteiger partial charge on any atom is -0.494 e. The minimum absolute atomic E-state index is 0.0338. The number of amides is 1. The molecule has 2 heterocycles. The smallest absolute Gasteiger partial charge is 0.257 e. The first-order valence-corrected chi connectivity index (χ1v) is 8.94. The zero-order valence-corrected chi connectivity index (χ0v) is 15.4. The summed E-state index contributed by atoms with van der Waals surface area (Å²) in [5.74, 6) is 1.54. The van der Waals surface area contributed by atoms with Gasteiger partial charge in [0.1, 0.15) is 11.6 Å². The molecule has 0 radical (unpaired) electrons.